The van der Waals surface area contributed by atoms with Crippen molar-refractivity contribution < 1.29 is 9.90 Å². The molecule has 2 heterocycles. The fourth-order valence-electron chi connectivity index (χ4n) is 1.52. The molecule has 1 atom stereocenters. The normalized spacial score (nSPS) is 13.6. The van der Waals surface area contributed by atoms with E-state index in [-0.39, 0.29) is 6.54 Å². The Bertz CT molecular complexity index is 526. The van der Waals surface area contributed by atoms with Crippen molar-refractivity contribution in [2.24, 2.45) is 0 Å². The van der Waals surface area contributed by atoms with Crippen molar-refractivity contribution in [1.29, 1.82) is 0 Å². The van der Waals surface area contributed by atoms with Crippen LogP contribution in [-0.2, 0) is 5.60 Å². The number of hydrogen-bond acceptors (Lipinski definition) is 4. The van der Waals surface area contributed by atoms with Gasteiger partial charge in [-0.05, 0) is 41.4 Å². The molecule has 0 bridgehead atoms. The van der Waals surface area contributed by atoms with Gasteiger partial charge in [-0.3, -0.25) is 5.32 Å². The van der Waals surface area contributed by atoms with Gasteiger partial charge in [-0.2, -0.15) is 11.3 Å². The SMILES string of the molecule is CC(O)(CNC(=O)Nc1ccccn1)c1ccsc1. The van der Waals surface area contributed by atoms with Gasteiger partial charge in [-0.15, -0.1) is 0 Å². The second-order valence-electron chi connectivity index (χ2n) is 4.31. The average Bonchev–Trinajstić information content (AvgIpc) is 2.92. The quantitative estimate of drug-likeness (QED) is 0.802. The number of carbonyl (C=O) groups is 1. The summed E-state index contributed by atoms with van der Waals surface area (Å²) in [5.74, 6) is 0.468. The zero-order valence-electron chi connectivity index (χ0n) is 10.5. The van der Waals surface area contributed by atoms with Gasteiger partial charge in [0.05, 0.1) is 6.54 Å². The number of pyridine rings is 1. The molecule has 0 fully saturated rings. The van der Waals surface area contributed by atoms with E-state index in [9.17, 15) is 9.90 Å². The summed E-state index contributed by atoms with van der Waals surface area (Å²) in [6.45, 7) is 1.79. The Kier molecular flexibility index (Phi) is 4.13. The number of aromatic nitrogens is 1. The highest BCUT2D eigenvalue weighted by molar-refractivity contribution is 7.08. The molecule has 19 heavy (non-hydrogen) atoms. The van der Waals surface area contributed by atoms with Crippen LogP contribution in [0.2, 0.25) is 0 Å². The van der Waals surface area contributed by atoms with Crippen LogP contribution in [-0.4, -0.2) is 22.7 Å². The Morgan fingerprint density at radius 1 is 1.47 bits per heavy atom. The first-order chi connectivity index (χ1) is 9.08. The van der Waals surface area contributed by atoms with Crippen molar-refractivity contribution in [2.75, 3.05) is 11.9 Å². The lowest BCUT2D eigenvalue weighted by Crippen LogP contribution is -2.40. The lowest BCUT2D eigenvalue weighted by Gasteiger charge is -2.22. The summed E-state index contributed by atoms with van der Waals surface area (Å²) in [5, 5.41) is 19.2. The van der Waals surface area contributed by atoms with Gasteiger partial charge in [0.1, 0.15) is 11.4 Å². The first-order valence-electron chi connectivity index (χ1n) is 5.79. The number of hydrogen-bond donors (Lipinski definition) is 3. The van der Waals surface area contributed by atoms with E-state index >= 15 is 0 Å². The molecule has 0 spiro atoms. The van der Waals surface area contributed by atoms with E-state index in [0.717, 1.165) is 5.56 Å². The minimum absolute atomic E-state index is 0.127. The molecule has 2 amide bonds. The van der Waals surface area contributed by atoms with Crippen LogP contribution in [0.5, 0.6) is 0 Å². The van der Waals surface area contributed by atoms with Crippen LogP contribution in [0.25, 0.3) is 0 Å². The summed E-state index contributed by atoms with van der Waals surface area (Å²) in [7, 11) is 0. The second kappa shape index (κ2) is 5.81. The first-order valence-corrected chi connectivity index (χ1v) is 6.73. The molecule has 100 valence electrons. The molecule has 0 aromatic carbocycles. The predicted octanol–water partition coefficient (Wildman–Crippen LogP) is 2.17. The molecule has 0 aliphatic rings. The first kappa shape index (κ1) is 13.5. The van der Waals surface area contributed by atoms with E-state index in [1.165, 1.54) is 11.3 Å². The highest BCUT2D eigenvalue weighted by atomic mass is 32.1. The predicted molar refractivity (Wildman–Crippen MR) is 75.1 cm³/mol. The largest absolute Gasteiger partial charge is 0.384 e. The standard InChI is InChI=1S/C13H15N3O2S/c1-13(18,10-5-7-19-8-10)9-15-12(17)16-11-4-2-3-6-14-11/h2-8,18H,9H2,1H3,(H2,14,15,16,17). The minimum Gasteiger partial charge on any atom is -0.384 e. The fourth-order valence-corrected chi connectivity index (χ4v) is 2.31. The molecule has 0 radical (unpaired) electrons. The molecule has 0 saturated heterocycles. The van der Waals surface area contributed by atoms with Crippen molar-refractivity contribution in [3.05, 3.63) is 46.8 Å². The minimum atomic E-state index is -1.08. The van der Waals surface area contributed by atoms with E-state index in [1.54, 1.807) is 31.3 Å². The van der Waals surface area contributed by atoms with Crippen molar-refractivity contribution in [3.63, 3.8) is 0 Å². The molecular weight excluding hydrogens is 262 g/mol. The average molecular weight is 277 g/mol. The van der Waals surface area contributed by atoms with Crippen molar-refractivity contribution in [3.8, 4) is 0 Å². The molecule has 2 aromatic rings. The number of nitrogens with one attached hydrogen (secondary N) is 2. The summed E-state index contributed by atoms with van der Waals surface area (Å²) in [6.07, 6.45) is 1.59. The van der Waals surface area contributed by atoms with E-state index in [0.29, 0.717) is 5.82 Å². The van der Waals surface area contributed by atoms with Crippen LogP contribution in [0, 0.1) is 0 Å². The molecule has 5 nitrogen and oxygen atoms in total. The van der Waals surface area contributed by atoms with E-state index in [4.69, 9.17) is 0 Å². The fraction of sp³-hybridized carbons (Fsp3) is 0.231. The van der Waals surface area contributed by atoms with Gasteiger partial charge in [0.25, 0.3) is 0 Å². The molecule has 0 aliphatic carbocycles. The maximum absolute atomic E-state index is 11.7. The Labute approximate surface area is 115 Å². The summed E-state index contributed by atoms with van der Waals surface area (Å²) in [4.78, 5) is 15.6. The Hall–Kier alpha value is -1.92. The zero-order chi connectivity index (χ0) is 13.7. The number of aliphatic hydroxyl groups is 1. The number of amides is 2. The Morgan fingerprint density at radius 3 is 2.95 bits per heavy atom. The van der Waals surface area contributed by atoms with E-state index in [2.05, 4.69) is 15.6 Å². The van der Waals surface area contributed by atoms with Crippen LogP contribution < -0.4 is 10.6 Å². The van der Waals surface area contributed by atoms with Gasteiger partial charge in [-0.25, -0.2) is 9.78 Å². The monoisotopic (exact) mass is 277 g/mol. The van der Waals surface area contributed by atoms with Crippen LogP contribution in [0.1, 0.15) is 12.5 Å². The van der Waals surface area contributed by atoms with Gasteiger partial charge in [0.15, 0.2) is 0 Å². The van der Waals surface area contributed by atoms with Crippen molar-refractivity contribution in [1.82, 2.24) is 10.3 Å². The van der Waals surface area contributed by atoms with Crippen LogP contribution in [0.15, 0.2) is 41.2 Å². The molecule has 1 unspecified atom stereocenters. The number of urea groups is 1. The third kappa shape index (κ3) is 3.77. The van der Waals surface area contributed by atoms with Crippen molar-refractivity contribution >= 4 is 23.2 Å². The van der Waals surface area contributed by atoms with E-state index < -0.39 is 11.6 Å². The summed E-state index contributed by atoms with van der Waals surface area (Å²) in [5.41, 5.74) is -0.294. The number of carbonyl (C=O) groups excluding carboxylic acids is 1. The lowest BCUT2D eigenvalue weighted by molar-refractivity contribution is 0.0604. The van der Waals surface area contributed by atoms with Gasteiger partial charge < -0.3 is 10.4 Å². The smallest absolute Gasteiger partial charge is 0.320 e. The van der Waals surface area contributed by atoms with Gasteiger partial charge >= 0.3 is 6.03 Å². The van der Waals surface area contributed by atoms with Gasteiger partial charge in [0.2, 0.25) is 0 Å². The Morgan fingerprint density at radius 2 is 2.32 bits per heavy atom. The van der Waals surface area contributed by atoms with E-state index in [1.807, 2.05) is 16.8 Å². The third-order valence-electron chi connectivity index (χ3n) is 2.64. The highest BCUT2D eigenvalue weighted by Gasteiger charge is 2.24. The van der Waals surface area contributed by atoms with Gasteiger partial charge in [-0.1, -0.05) is 6.07 Å². The second-order valence-corrected chi connectivity index (χ2v) is 5.09. The zero-order valence-corrected chi connectivity index (χ0v) is 11.3. The summed E-state index contributed by atoms with van der Waals surface area (Å²) >= 11 is 1.51. The van der Waals surface area contributed by atoms with Gasteiger partial charge in [0, 0.05) is 6.20 Å². The molecule has 0 saturated carbocycles. The molecular formula is C13H15N3O2S. The summed E-state index contributed by atoms with van der Waals surface area (Å²) in [6, 6.07) is 6.68. The number of anilines is 1. The number of thiophene rings is 1. The highest BCUT2D eigenvalue weighted by Crippen LogP contribution is 2.21. The van der Waals surface area contributed by atoms with Crippen LogP contribution in [0.3, 0.4) is 0 Å². The topological polar surface area (TPSA) is 74.2 Å². The van der Waals surface area contributed by atoms with Crippen molar-refractivity contribution in [2.45, 2.75) is 12.5 Å². The number of rotatable bonds is 4. The molecule has 6 heteroatoms. The Balaban J connectivity index is 1.87. The maximum atomic E-state index is 11.7. The molecule has 0 aliphatic heterocycles. The maximum Gasteiger partial charge on any atom is 0.320 e. The third-order valence-corrected chi connectivity index (χ3v) is 3.33. The summed E-state index contributed by atoms with van der Waals surface area (Å²) < 4.78 is 0. The van der Waals surface area contributed by atoms with Crippen LogP contribution >= 0.6 is 11.3 Å². The molecule has 2 aromatic heterocycles. The lowest BCUT2D eigenvalue weighted by atomic mass is 9.99. The molecule has 2 rings (SSSR count). The number of nitrogens with zero attached hydrogens (tertiary/aromatic N) is 1. The molecule has 3 N–H and O–H groups in total. The van der Waals surface area contributed by atoms with Crippen LogP contribution in [0.4, 0.5) is 10.6 Å².